The molecule has 1 aliphatic heterocycles. The summed E-state index contributed by atoms with van der Waals surface area (Å²) in [5.41, 5.74) is 3.54. The molecule has 0 saturated carbocycles. The molecule has 2 atom stereocenters. The van der Waals surface area contributed by atoms with Crippen LogP contribution < -0.4 is 0 Å². The van der Waals surface area contributed by atoms with E-state index in [0.29, 0.717) is 41.0 Å². The Kier molecular flexibility index (Phi) is 5.59. The maximum atomic E-state index is 14.9. The molecule has 1 aromatic heterocycles. The van der Waals surface area contributed by atoms with Crippen LogP contribution in [0.5, 0.6) is 0 Å². The van der Waals surface area contributed by atoms with Gasteiger partial charge in [0.05, 0.1) is 29.8 Å². The molecule has 2 heterocycles. The van der Waals surface area contributed by atoms with Crippen LogP contribution in [0.3, 0.4) is 0 Å². The van der Waals surface area contributed by atoms with Gasteiger partial charge >= 0.3 is 0 Å². The second kappa shape index (κ2) is 8.32. The molecular formula is C24H24FN3O2. The van der Waals surface area contributed by atoms with Gasteiger partial charge in [-0.3, -0.25) is 14.8 Å². The Morgan fingerprint density at radius 2 is 1.77 bits per heavy atom. The first-order valence-corrected chi connectivity index (χ1v) is 10.0. The number of aromatic nitrogens is 2. The summed E-state index contributed by atoms with van der Waals surface area (Å²) < 4.78 is 20.7. The lowest BCUT2D eigenvalue weighted by atomic mass is 9.96. The number of carbonyl (C=O) groups excluding carboxylic acids is 1. The number of amides is 1. The molecule has 6 heteroatoms. The van der Waals surface area contributed by atoms with Crippen molar-refractivity contribution in [1.82, 2.24) is 14.9 Å². The Morgan fingerprint density at radius 3 is 2.43 bits per heavy atom. The molecule has 30 heavy (non-hydrogen) atoms. The number of rotatable bonds is 3. The summed E-state index contributed by atoms with van der Waals surface area (Å²) in [6, 6.07) is 12.3. The standard InChI is InChI=1S/C24H24FN3O2/c1-15-11-27-23(12-26-15)21-9-8-18(10-22(21)25)19-6-4-5-7-20(19)24(29)28-13-16(2)30-17(3)14-28/h4-12,16-17H,13-14H2,1-3H3. The maximum absolute atomic E-state index is 14.9. The molecular weight excluding hydrogens is 381 g/mol. The minimum Gasteiger partial charge on any atom is -0.372 e. The monoisotopic (exact) mass is 405 g/mol. The number of halogens is 1. The fraction of sp³-hybridized carbons (Fsp3) is 0.292. The van der Waals surface area contributed by atoms with Crippen molar-refractivity contribution >= 4 is 5.91 Å². The van der Waals surface area contributed by atoms with Crippen molar-refractivity contribution in [1.29, 1.82) is 0 Å². The molecule has 0 bridgehead atoms. The van der Waals surface area contributed by atoms with Crippen molar-refractivity contribution in [2.24, 2.45) is 0 Å². The average molecular weight is 405 g/mol. The molecule has 0 N–H and O–H groups in total. The minimum absolute atomic E-state index is 0.0165. The van der Waals surface area contributed by atoms with Crippen LogP contribution in [0.15, 0.2) is 54.9 Å². The van der Waals surface area contributed by atoms with E-state index in [1.807, 2.05) is 49.9 Å². The van der Waals surface area contributed by atoms with E-state index in [2.05, 4.69) is 9.97 Å². The summed E-state index contributed by atoms with van der Waals surface area (Å²) in [5, 5.41) is 0. The molecule has 2 unspecified atom stereocenters. The zero-order valence-corrected chi connectivity index (χ0v) is 17.3. The van der Waals surface area contributed by atoms with Gasteiger partial charge in [0.1, 0.15) is 5.82 Å². The quantitative estimate of drug-likeness (QED) is 0.644. The Hall–Kier alpha value is -3.12. The van der Waals surface area contributed by atoms with Crippen LogP contribution in [0, 0.1) is 12.7 Å². The van der Waals surface area contributed by atoms with E-state index in [-0.39, 0.29) is 18.1 Å². The fourth-order valence-corrected chi connectivity index (χ4v) is 3.86. The van der Waals surface area contributed by atoms with Crippen LogP contribution >= 0.6 is 0 Å². The molecule has 5 nitrogen and oxygen atoms in total. The van der Waals surface area contributed by atoms with E-state index in [4.69, 9.17) is 4.74 Å². The number of aryl methyl sites for hydroxylation is 1. The first-order chi connectivity index (χ1) is 14.4. The first-order valence-electron chi connectivity index (χ1n) is 10.0. The Labute approximate surface area is 175 Å². The predicted molar refractivity (Wildman–Crippen MR) is 114 cm³/mol. The summed E-state index contributed by atoms with van der Waals surface area (Å²) >= 11 is 0. The highest BCUT2D eigenvalue weighted by molar-refractivity contribution is 6.01. The van der Waals surface area contributed by atoms with Crippen LogP contribution in [0.1, 0.15) is 29.9 Å². The van der Waals surface area contributed by atoms with Crippen molar-refractivity contribution in [3.8, 4) is 22.4 Å². The third-order valence-corrected chi connectivity index (χ3v) is 5.20. The molecule has 2 aromatic carbocycles. The van der Waals surface area contributed by atoms with Gasteiger partial charge in [-0.05, 0) is 50.1 Å². The average Bonchev–Trinajstić information content (AvgIpc) is 2.73. The van der Waals surface area contributed by atoms with Crippen LogP contribution in [-0.4, -0.2) is 46.1 Å². The molecule has 0 radical (unpaired) electrons. The predicted octanol–water partition coefficient (Wildman–Crippen LogP) is 4.51. The summed E-state index contributed by atoms with van der Waals surface area (Å²) in [5.74, 6) is -0.469. The van der Waals surface area contributed by atoms with E-state index in [1.165, 1.54) is 6.07 Å². The smallest absolute Gasteiger partial charge is 0.254 e. The van der Waals surface area contributed by atoms with E-state index < -0.39 is 5.82 Å². The summed E-state index contributed by atoms with van der Waals surface area (Å²) in [7, 11) is 0. The SMILES string of the molecule is Cc1cnc(-c2ccc(-c3ccccc3C(=O)N3CC(C)OC(C)C3)cc2F)cn1. The molecule has 1 fully saturated rings. The third kappa shape index (κ3) is 4.09. The van der Waals surface area contributed by atoms with Gasteiger partial charge in [0.15, 0.2) is 0 Å². The van der Waals surface area contributed by atoms with Gasteiger partial charge in [-0.15, -0.1) is 0 Å². The number of hydrogen-bond donors (Lipinski definition) is 0. The van der Waals surface area contributed by atoms with Gasteiger partial charge in [-0.25, -0.2) is 4.39 Å². The molecule has 1 aliphatic rings. The van der Waals surface area contributed by atoms with Crippen molar-refractivity contribution in [3.05, 3.63) is 71.9 Å². The molecule has 154 valence electrons. The van der Waals surface area contributed by atoms with Gasteiger partial charge in [-0.2, -0.15) is 0 Å². The number of nitrogens with zero attached hydrogens (tertiary/aromatic N) is 3. The zero-order chi connectivity index (χ0) is 21.3. The van der Waals surface area contributed by atoms with Crippen molar-refractivity contribution < 1.29 is 13.9 Å². The lowest BCUT2D eigenvalue weighted by molar-refractivity contribution is -0.0586. The van der Waals surface area contributed by atoms with E-state index >= 15 is 0 Å². The summed E-state index contributed by atoms with van der Waals surface area (Å²) in [4.78, 5) is 23.5. The number of hydrogen-bond acceptors (Lipinski definition) is 4. The first kappa shape index (κ1) is 20.2. The topological polar surface area (TPSA) is 55.3 Å². The number of benzene rings is 2. The van der Waals surface area contributed by atoms with Crippen LogP contribution in [0.25, 0.3) is 22.4 Å². The normalized spacial score (nSPS) is 19.0. The van der Waals surface area contributed by atoms with Gasteiger partial charge in [0.25, 0.3) is 5.91 Å². The lowest BCUT2D eigenvalue weighted by Crippen LogP contribution is -2.48. The summed E-state index contributed by atoms with van der Waals surface area (Å²) in [6.45, 7) is 6.84. The second-order valence-electron chi connectivity index (χ2n) is 7.75. The van der Waals surface area contributed by atoms with Crippen LogP contribution in [0.4, 0.5) is 4.39 Å². The van der Waals surface area contributed by atoms with Crippen LogP contribution in [-0.2, 0) is 4.74 Å². The van der Waals surface area contributed by atoms with Crippen LogP contribution in [0.2, 0.25) is 0 Å². The molecule has 0 aliphatic carbocycles. The zero-order valence-electron chi connectivity index (χ0n) is 17.3. The lowest BCUT2D eigenvalue weighted by Gasteiger charge is -2.35. The minimum atomic E-state index is -0.401. The summed E-state index contributed by atoms with van der Waals surface area (Å²) in [6.07, 6.45) is 3.14. The molecule has 3 aromatic rings. The second-order valence-corrected chi connectivity index (χ2v) is 7.75. The molecule has 4 rings (SSSR count). The Morgan fingerprint density at radius 1 is 1.03 bits per heavy atom. The van der Waals surface area contributed by atoms with E-state index in [0.717, 1.165) is 5.69 Å². The Balaban J connectivity index is 1.67. The fourth-order valence-electron chi connectivity index (χ4n) is 3.86. The molecule has 1 amide bonds. The van der Waals surface area contributed by atoms with Gasteiger partial charge in [0.2, 0.25) is 0 Å². The van der Waals surface area contributed by atoms with Crippen molar-refractivity contribution in [3.63, 3.8) is 0 Å². The van der Waals surface area contributed by atoms with Gasteiger partial charge in [-0.1, -0.05) is 24.3 Å². The largest absolute Gasteiger partial charge is 0.372 e. The van der Waals surface area contributed by atoms with E-state index in [9.17, 15) is 9.18 Å². The maximum Gasteiger partial charge on any atom is 0.254 e. The highest BCUT2D eigenvalue weighted by Crippen LogP contribution is 2.30. The van der Waals surface area contributed by atoms with E-state index in [1.54, 1.807) is 24.5 Å². The van der Waals surface area contributed by atoms with Gasteiger partial charge in [0, 0.05) is 30.4 Å². The third-order valence-electron chi connectivity index (χ3n) is 5.20. The van der Waals surface area contributed by atoms with Crippen molar-refractivity contribution in [2.45, 2.75) is 33.0 Å². The number of morpholine rings is 1. The number of ether oxygens (including phenoxy) is 1. The highest BCUT2D eigenvalue weighted by atomic mass is 19.1. The number of carbonyl (C=O) groups is 1. The van der Waals surface area contributed by atoms with Crippen molar-refractivity contribution in [2.75, 3.05) is 13.1 Å². The Bertz CT molecular complexity index is 1060. The molecule has 1 saturated heterocycles. The van der Waals surface area contributed by atoms with Gasteiger partial charge < -0.3 is 9.64 Å². The highest BCUT2D eigenvalue weighted by Gasteiger charge is 2.28. The molecule has 0 spiro atoms.